The molecule has 2 saturated heterocycles. The summed E-state index contributed by atoms with van der Waals surface area (Å²) in [4.78, 5) is 2.60. The van der Waals surface area contributed by atoms with Gasteiger partial charge in [-0.15, -0.1) is 0 Å². The van der Waals surface area contributed by atoms with Gasteiger partial charge in [-0.1, -0.05) is 17.7 Å². The molecule has 0 bridgehead atoms. The number of halogens is 2. The monoisotopic (exact) mass is 356 g/mol. The molecule has 4 heteroatoms. The maximum absolute atomic E-state index is 6.06. The van der Waals surface area contributed by atoms with E-state index in [1.165, 1.54) is 50.9 Å². The van der Waals surface area contributed by atoms with E-state index >= 15 is 0 Å². The summed E-state index contributed by atoms with van der Waals surface area (Å²) < 4.78 is 1.00. The van der Waals surface area contributed by atoms with Crippen molar-refractivity contribution in [1.29, 1.82) is 0 Å². The Bertz CT molecular complexity index is 460. The average molecular weight is 358 g/mol. The van der Waals surface area contributed by atoms with Gasteiger partial charge in [0.05, 0.1) is 5.02 Å². The van der Waals surface area contributed by atoms with E-state index in [9.17, 15) is 0 Å². The van der Waals surface area contributed by atoms with E-state index in [-0.39, 0.29) is 0 Å². The number of benzene rings is 1. The van der Waals surface area contributed by atoms with Crippen molar-refractivity contribution in [3.63, 3.8) is 0 Å². The SMILES string of the molecule is Clc1ccc(CN2CCCC(C3CCCN3)C2)cc1Br. The van der Waals surface area contributed by atoms with E-state index in [1.54, 1.807) is 0 Å². The minimum absolute atomic E-state index is 0.759. The number of nitrogens with zero attached hydrogens (tertiary/aromatic N) is 1. The molecule has 0 spiro atoms. The summed E-state index contributed by atoms with van der Waals surface area (Å²) in [5, 5.41) is 4.47. The lowest BCUT2D eigenvalue weighted by molar-refractivity contribution is 0.145. The summed E-state index contributed by atoms with van der Waals surface area (Å²) >= 11 is 9.58. The molecule has 0 amide bonds. The average Bonchev–Trinajstić information content (AvgIpc) is 2.97. The Morgan fingerprint density at radius 1 is 1.30 bits per heavy atom. The molecular weight excluding hydrogens is 336 g/mol. The van der Waals surface area contributed by atoms with Gasteiger partial charge in [0, 0.05) is 23.6 Å². The van der Waals surface area contributed by atoms with E-state index < -0.39 is 0 Å². The Labute approximate surface area is 135 Å². The van der Waals surface area contributed by atoms with Gasteiger partial charge < -0.3 is 5.32 Å². The molecule has 1 N–H and O–H groups in total. The van der Waals surface area contributed by atoms with Gasteiger partial charge in [-0.2, -0.15) is 0 Å². The van der Waals surface area contributed by atoms with E-state index in [0.29, 0.717) is 0 Å². The van der Waals surface area contributed by atoms with Crippen LogP contribution in [-0.2, 0) is 6.54 Å². The molecule has 2 unspecified atom stereocenters. The highest BCUT2D eigenvalue weighted by molar-refractivity contribution is 9.10. The van der Waals surface area contributed by atoms with E-state index in [4.69, 9.17) is 11.6 Å². The Morgan fingerprint density at radius 3 is 2.95 bits per heavy atom. The summed E-state index contributed by atoms with van der Waals surface area (Å²) in [6, 6.07) is 7.04. The molecule has 3 rings (SSSR count). The Kier molecular flexibility index (Phi) is 5.03. The summed E-state index contributed by atoms with van der Waals surface area (Å²) in [6.45, 7) is 4.71. The van der Waals surface area contributed by atoms with Gasteiger partial charge in [-0.25, -0.2) is 0 Å². The molecule has 0 aliphatic carbocycles. The van der Waals surface area contributed by atoms with Gasteiger partial charge in [0.15, 0.2) is 0 Å². The van der Waals surface area contributed by atoms with Crippen molar-refractivity contribution in [2.24, 2.45) is 5.92 Å². The van der Waals surface area contributed by atoms with Gasteiger partial charge in [-0.05, 0) is 78.3 Å². The Morgan fingerprint density at radius 2 is 2.20 bits per heavy atom. The van der Waals surface area contributed by atoms with Crippen molar-refractivity contribution >= 4 is 27.5 Å². The molecule has 2 fully saturated rings. The van der Waals surface area contributed by atoms with Crippen molar-refractivity contribution in [2.75, 3.05) is 19.6 Å². The smallest absolute Gasteiger partial charge is 0.0548 e. The van der Waals surface area contributed by atoms with Gasteiger partial charge in [-0.3, -0.25) is 4.90 Å². The molecule has 1 aromatic rings. The van der Waals surface area contributed by atoms with Gasteiger partial charge in [0.1, 0.15) is 0 Å². The highest BCUT2D eigenvalue weighted by atomic mass is 79.9. The molecule has 2 nitrogen and oxygen atoms in total. The summed E-state index contributed by atoms with van der Waals surface area (Å²) in [6.07, 6.45) is 5.44. The first kappa shape index (κ1) is 14.8. The lowest BCUT2D eigenvalue weighted by Gasteiger charge is -2.35. The molecule has 0 radical (unpaired) electrons. The van der Waals surface area contributed by atoms with Crippen LogP contribution in [0.15, 0.2) is 22.7 Å². The Hall–Kier alpha value is -0.0900. The molecule has 2 heterocycles. The van der Waals surface area contributed by atoms with Crippen LogP contribution in [0.4, 0.5) is 0 Å². The van der Waals surface area contributed by atoms with Crippen LogP contribution in [0.5, 0.6) is 0 Å². The lowest BCUT2D eigenvalue weighted by Crippen LogP contribution is -2.43. The molecule has 0 aromatic heterocycles. The second-order valence-corrected chi connectivity index (χ2v) is 7.35. The molecule has 0 saturated carbocycles. The maximum atomic E-state index is 6.06. The van der Waals surface area contributed by atoms with Crippen LogP contribution in [0, 0.1) is 5.92 Å². The summed E-state index contributed by atoms with van der Waals surface area (Å²) in [7, 11) is 0. The van der Waals surface area contributed by atoms with Crippen LogP contribution in [0.25, 0.3) is 0 Å². The minimum atomic E-state index is 0.759. The maximum Gasteiger partial charge on any atom is 0.0548 e. The fourth-order valence-corrected chi connectivity index (χ4v) is 4.12. The third kappa shape index (κ3) is 3.56. The van der Waals surface area contributed by atoms with Crippen molar-refractivity contribution in [2.45, 2.75) is 38.3 Å². The predicted octanol–water partition coefficient (Wildman–Crippen LogP) is 4.07. The third-order valence-corrected chi connectivity index (χ3v) is 5.81. The molecule has 1 aromatic carbocycles. The number of hydrogen-bond donors (Lipinski definition) is 1. The van der Waals surface area contributed by atoms with Crippen LogP contribution in [0.2, 0.25) is 5.02 Å². The zero-order valence-corrected chi connectivity index (χ0v) is 14.1. The normalized spacial score (nSPS) is 27.9. The number of piperidine rings is 1. The third-order valence-electron chi connectivity index (χ3n) is 4.60. The number of hydrogen-bond acceptors (Lipinski definition) is 2. The molecule has 2 aliphatic heterocycles. The predicted molar refractivity (Wildman–Crippen MR) is 88.2 cm³/mol. The largest absolute Gasteiger partial charge is 0.314 e. The number of likely N-dealkylation sites (tertiary alicyclic amines) is 1. The van der Waals surface area contributed by atoms with Crippen LogP contribution in [0.3, 0.4) is 0 Å². The second-order valence-electron chi connectivity index (χ2n) is 6.09. The van der Waals surface area contributed by atoms with Crippen LogP contribution in [-0.4, -0.2) is 30.6 Å². The zero-order chi connectivity index (χ0) is 13.9. The highest BCUT2D eigenvalue weighted by Gasteiger charge is 2.28. The van der Waals surface area contributed by atoms with Crippen LogP contribution < -0.4 is 5.32 Å². The molecular formula is C16H22BrClN2. The van der Waals surface area contributed by atoms with E-state index in [2.05, 4.69) is 38.3 Å². The zero-order valence-electron chi connectivity index (χ0n) is 11.7. The molecule has 20 heavy (non-hydrogen) atoms. The van der Waals surface area contributed by atoms with Gasteiger partial charge >= 0.3 is 0 Å². The van der Waals surface area contributed by atoms with Gasteiger partial charge in [0.2, 0.25) is 0 Å². The first-order valence-electron chi connectivity index (χ1n) is 7.62. The highest BCUT2D eigenvalue weighted by Crippen LogP contribution is 2.27. The van der Waals surface area contributed by atoms with Crippen LogP contribution in [0.1, 0.15) is 31.2 Å². The van der Waals surface area contributed by atoms with Gasteiger partial charge in [0.25, 0.3) is 0 Å². The summed E-state index contributed by atoms with van der Waals surface area (Å²) in [5.74, 6) is 0.835. The standard InChI is InChI=1S/C16H22BrClN2/c17-14-9-12(5-6-15(14)18)10-20-8-2-3-13(11-20)16-4-1-7-19-16/h5-6,9,13,16,19H,1-4,7-8,10-11H2. The minimum Gasteiger partial charge on any atom is -0.314 e. The topological polar surface area (TPSA) is 15.3 Å². The molecule has 2 aliphatic rings. The lowest BCUT2D eigenvalue weighted by atomic mass is 9.89. The first-order chi connectivity index (χ1) is 9.72. The fourth-order valence-electron chi connectivity index (χ4n) is 3.57. The number of nitrogens with one attached hydrogen (secondary N) is 1. The van der Waals surface area contributed by atoms with Crippen molar-refractivity contribution in [1.82, 2.24) is 10.2 Å². The van der Waals surface area contributed by atoms with Crippen molar-refractivity contribution in [3.8, 4) is 0 Å². The van der Waals surface area contributed by atoms with E-state index in [0.717, 1.165) is 28.0 Å². The quantitative estimate of drug-likeness (QED) is 0.877. The molecule has 110 valence electrons. The van der Waals surface area contributed by atoms with Crippen LogP contribution >= 0.6 is 27.5 Å². The van der Waals surface area contributed by atoms with Crippen molar-refractivity contribution < 1.29 is 0 Å². The fraction of sp³-hybridized carbons (Fsp3) is 0.625. The Balaban J connectivity index is 1.60. The van der Waals surface area contributed by atoms with Crippen molar-refractivity contribution in [3.05, 3.63) is 33.3 Å². The first-order valence-corrected chi connectivity index (χ1v) is 8.79. The number of rotatable bonds is 3. The van der Waals surface area contributed by atoms with E-state index in [1.807, 2.05) is 6.07 Å². The summed E-state index contributed by atoms with van der Waals surface area (Å²) in [5.41, 5.74) is 1.35. The molecule has 2 atom stereocenters. The second kappa shape index (κ2) is 6.78.